The molecular weight excluding hydrogens is 280 g/mol. The van der Waals surface area contributed by atoms with Gasteiger partial charge in [-0.3, -0.25) is 0 Å². The first-order valence-electron chi connectivity index (χ1n) is 6.70. The van der Waals surface area contributed by atoms with Crippen LogP contribution in [-0.4, -0.2) is 44.6 Å². The van der Waals surface area contributed by atoms with Crippen molar-refractivity contribution in [1.29, 1.82) is 0 Å². The Bertz CT molecular complexity index is 389. The molecule has 1 aromatic rings. The number of nitrogens with one attached hydrogen (secondary N) is 1. The van der Waals surface area contributed by atoms with Crippen LogP contribution in [0, 0.1) is 0 Å². The number of pyridine rings is 1. The average molecular weight is 303 g/mol. The molecule has 20 heavy (non-hydrogen) atoms. The molecule has 1 N–H and O–H groups in total. The van der Waals surface area contributed by atoms with Crippen molar-refractivity contribution in [2.75, 3.05) is 33.5 Å². The van der Waals surface area contributed by atoms with Crippen LogP contribution in [0.25, 0.3) is 0 Å². The first-order chi connectivity index (χ1) is 9.63. The van der Waals surface area contributed by atoms with Crippen LogP contribution >= 0.6 is 11.6 Å². The Balaban J connectivity index is 2.32. The van der Waals surface area contributed by atoms with E-state index >= 15 is 0 Å². The van der Waals surface area contributed by atoms with Gasteiger partial charge in [-0.1, -0.05) is 25.4 Å². The predicted molar refractivity (Wildman–Crippen MR) is 79.4 cm³/mol. The lowest BCUT2D eigenvalue weighted by Crippen LogP contribution is -2.21. The monoisotopic (exact) mass is 302 g/mol. The van der Waals surface area contributed by atoms with Crippen LogP contribution in [0.5, 0.6) is 5.88 Å². The van der Waals surface area contributed by atoms with Gasteiger partial charge in [-0.2, -0.15) is 0 Å². The Morgan fingerprint density at radius 2 is 2.00 bits per heavy atom. The van der Waals surface area contributed by atoms with Gasteiger partial charge in [0.1, 0.15) is 11.6 Å². The van der Waals surface area contributed by atoms with E-state index in [0.717, 1.165) is 12.1 Å². The smallest absolute Gasteiger partial charge is 0.232 e. The Hall–Kier alpha value is -0.880. The van der Waals surface area contributed by atoms with Gasteiger partial charge >= 0.3 is 0 Å². The van der Waals surface area contributed by atoms with Crippen LogP contribution in [0.15, 0.2) is 12.3 Å². The Morgan fingerprint density at radius 3 is 2.65 bits per heavy atom. The second-order valence-electron chi connectivity index (χ2n) is 4.62. The molecule has 0 aromatic carbocycles. The van der Waals surface area contributed by atoms with Crippen molar-refractivity contribution in [3.63, 3.8) is 0 Å². The van der Waals surface area contributed by atoms with Crippen molar-refractivity contribution in [2.45, 2.75) is 26.4 Å². The standard InChI is InChI=1S/C14H23ClN2O3/c1-11(2)16-9-12-8-13(15)14(17-10-12)20-7-6-19-5-4-18-3/h8,10-11,16H,4-7,9H2,1-3H3. The van der Waals surface area contributed by atoms with E-state index in [1.165, 1.54) is 0 Å². The van der Waals surface area contributed by atoms with Gasteiger partial charge in [-0.05, 0) is 11.6 Å². The van der Waals surface area contributed by atoms with Crippen LogP contribution in [0.3, 0.4) is 0 Å². The molecule has 0 saturated carbocycles. The highest BCUT2D eigenvalue weighted by Gasteiger charge is 2.05. The minimum absolute atomic E-state index is 0.417. The predicted octanol–water partition coefficient (Wildman–Crippen LogP) is 2.27. The molecule has 1 rings (SSSR count). The number of rotatable bonds is 10. The number of hydrogen-bond acceptors (Lipinski definition) is 5. The molecule has 0 fully saturated rings. The van der Waals surface area contributed by atoms with Crippen molar-refractivity contribution in [2.24, 2.45) is 0 Å². The number of ether oxygens (including phenoxy) is 3. The molecule has 0 radical (unpaired) electrons. The number of nitrogens with zero attached hydrogens (tertiary/aromatic N) is 1. The largest absolute Gasteiger partial charge is 0.474 e. The third kappa shape index (κ3) is 7.05. The maximum absolute atomic E-state index is 6.13. The summed E-state index contributed by atoms with van der Waals surface area (Å²) in [5.41, 5.74) is 1.03. The van der Waals surface area contributed by atoms with Crippen molar-refractivity contribution >= 4 is 11.6 Å². The number of halogens is 1. The van der Waals surface area contributed by atoms with Crippen molar-refractivity contribution in [1.82, 2.24) is 10.3 Å². The molecule has 1 heterocycles. The molecule has 0 spiro atoms. The minimum atomic E-state index is 0.417. The molecule has 0 saturated heterocycles. The zero-order valence-electron chi connectivity index (χ0n) is 12.3. The van der Waals surface area contributed by atoms with Gasteiger partial charge in [-0.25, -0.2) is 4.98 Å². The van der Waals surface area contributed by atoms with Crippen LogP contribution in [0.4, 0.5) is 0 Å². The first kappa shape index (κ1) is 17.2. The molecule has 0 aliphatic rings. The maximum Gasteiger partial charge on any atom is 0.232 e. The Kier molecular flexibility index (Phi) is 8.53. The third-order valence-electron chi connectivity index (χ3n) is 2.48. The summed E-state index contributed by atoms with van der Waals surface area (Å²) in [7, 11) is 1.64. The molecule has 0 aliphatic carbocycles. The highest BCUT2D eigenvalue weighted by atomic mass is 35.5. The highest BCUT2D eigenvalue weighted by Crippen LogP contribution is 2.22. The minimum Gasteiger partial charge on any atom is -0.474 e. The molecule has 0 amide bonds. The van der Waals surface area contributed by atoms with E-state index in [9.17, 15) is 0 Å². The van der Waals surface area contributed by atoms with E-state index in [2.05, 4.69) is 24.1 Å². The summed E-state index contributed by atoms with van der Waals surface area (Å²) in [6.45, 7) is 6.96. The number of hydrogen-bond donors (Lipinski definition) is 1. The molecule has 0 atom stereocenters. The molecule has 0 unspecified atom stereocenters. The molecule has 6 heteroatoms. The number of aromatic nitrogens is 1. The van der Waals surface area contributed by atoms with Gasteiger partial charge in [0.25, 0.3) is 0 Å². The second-order valence-corrected chi connectivity index (χ2v) is 5.03. The van der Waals surface area contributed by atoms with Gasteiger partial charge in [0.15, 0.2) is 0 Å². The topological polar surface area (TPSA) is 52.6 Å². The molecule has 0 aliphatic heterocycles. The van der Waals surface area contributed by atoms with Gasteiger partial charge in [0.05, 0.1) is 19.8 Å². The zero-order chi connectivity index (χ0) is 14.8. The van der Waals surface area contributed by atoms with Gasteiger partial charge < -0.3 is 19.5 Å². The lowest BCUT2D eigenvalue weighted by molar-refractivity contribution is 0.0537. The van der Waals surface area contributed by atoms with E-state index in [4.69, 9.17) is 25.8 Å². The van der Waals surface area contributed by atoms with E-state index in [-0.39, 0.29) is 0 Å². The van der Waals surface area contributed by atoms with Crippen molar-refractivity contribution in [3.05, 3.63) is 22.8 Å². The fourth-order valence-corrected chi connectivity index (χ4v) is 1.67. The third-order valence-corrected chi connectivity index (χ3v) is 2.75. The summed E-state index contributed by atoms with van der Waals surface area (Å²) in [5.74, 6) is 0.440. The fourth-order valence-electron chi connectivity index (χ4n) is 1.43. The van der Waals surface area contributed by atoms with E-state index in [1.54, 1.807) is 13.3 Å². The fraction of sp³-hybridized carbons (Fsp3) is 0.643. The summed E-state index contributed by atoms with van der Waals surface area (Å²) in [6.07, 6.45) is 1.77. The summed E-state index contributed by atoms with van der Waals surface area (Å²) < 4.78 is 15.6. The molecule has 114 valence electrons. The lowest BCUT2D eigenvalue weighted by atomic mass is 10.2. The summed E-state index contributed by atoms with van der Waals surface area (Å²) in [4.78, 5) is 4.22. The second kappa shape index (κ2) is 9.94. The summed E-state index contributed by atoms with van der Waals surface area (Å²) in [5, 5.41) is 3.83. The highest BCUT2D eigenvalue weighted by molar-refractivity contribution is 6.31. The van der Waals surface area contributed by atoms with Gasteiger partial charge in [0, 0.05) is 25.9 Å². The normalized spacial score (nSPS) is 11.1. The molecular formula is C14H23ClN2O3. The van der Waals surface area contributed by atoms with Gasteiger partial charge in [-0.15, -0.1) is 0 Å². The van der Waals surface area contributed by atoms with E-state index in [1.807, 2.05) is 6.07 Å². The lowest BCUT2D eigenvalue weighted by Gasteiger charge is -2.10. The van der Waals surface area contributed by atoms with E-state index < -0.39 is 0 Å². The summed E-state index contributed by atoms with van der Waals surface area (Å²) >= 11 is 6.13. The molecule has 1 aromatic heterocycles. The molecule has 0 bridgehead atoms. The Morgan fingerprint density at radius 1 is 1.25 bits per heavy atom. The van der Waals surface area contributed by atoms with Crippen molar-refractivity contribution in [3.8, 4) is 5.88 Å². The first-order valence-corrected chi connectivity index (χ1v) is 7.08. The number of methoxy groups -OCH3 is 1. The maximum atomic E-state index is 6.13. The molecule has 5 nitrogen and oxygen atoms in total. The van der Waals surface area contributed by atoms with E-state index in [0.29, 0.717) is 43.4 Å². The van der Waals surface area contributed by atoms with Crippen LogP contribution < -0.4 is 10.1 Å². The van der Waals surface area contributed by atoms with Crippen LogP contribution in [0.2, 0.25) is 5.02 Å². The SMILES string of the molecule is COCCOCCOc1ncc(CNC(C)C)cc1Cl. The van der Waals surface area contributed by atoms with Gasteiger partial charge in [0.2, 0.25) is 5.88 Å². The zero-order valence-corrected chi connectivity index (χ0v) is 13.1. The average Bonchev–Trinajstić information content (AvgIpc) is 2.42. The van der Waals surface area contributed by atoms with Crippen LogP contribution in [-0.2, 0) is 16.0 Å². The quantitative estimate of drug-likeness (QED) is 0.672. The Labute approximate surface area is 125 Å². The van der Waals surface area contributed by atoms with Crippen molar-refractivity contribution < 1.29 is 14.2 Å². The summed E-state index contributed by atoms with van der Waals surface area (Å²) in [6, 6.07) is 2.29. The van der Waals surface area contributed by atoms with Crippen LogP contribution in [0.1, 0.15) is 19.4 Å².